The monoisotopic (exact) mass is 516 g/mol. The molecule has 0 spiro atoms. The summed E-state index contributed by atoms with van der Waals surface area (Å²) in [6.45, 7) is 13.2. The van der Waals surface area contributed by atoms with Gasteiger partial charge in [-0.2, -0.15) is 0 Å². The van der Waals surface area contributed by atoms with Gasteiger partial charge in [0.15, 0.2) is 5.96 Å². The number of rotatable bonds is 8. The third-order valence-corrected chi connectivity index (χ3v) is 4.59. The maximum Gasteiger partial charge on any atom is 0.191 e. The first-order chi connectivity index (χ1) is 12.9. The summed E-state index contributed by atoms with van der Waals surface area (Å²) in [5.41, 5.74) is 3.35. The number of thiazole rings is 1. The van der Waals surface area contributed by atoms with Gasteiger partial charge in [-0.3, -0.25) is 0 Å². The SMILES string of the molecule is CCNC(=NCc1cccc(COC(C)(C)C)c1)NCCc1csc(C)n1.I. The number of guanidine groups is 1. The number of aromatic nitrogens is 1. The topological polar surface area (TPSA) is 58.5 Å². The molecule has 0 atom stereocenters. The third-order valence-electron chi connectivity index (χ3n) is 3.77. The molecule has 0 saturated heterocycles. The lowest BCUT2D eigenvalue weighted by atomic mass is 10.1. The quantitative estimate of drug-likeness (QED) is 0.304. The predicted octanol–water partition coefficient (Wildman–Crippen LogP) is 4.68. The van der Waals surface area contributed by atoms with E-state index in [1.54, 1.807) is 11.3 Å². The molecule has 1 aromatic carbocycles. The molecule has 0 fully saturated rings. The molecular weight excluding hydrogens is 483 g/mol. The predicted molar refractivity (Wildman–Crippen MR) is 130 cm³/mol. The second kappa shape index (κ2) is 12.4. The number of aliphatic imine (C=N–C) groups is 1. The average Bonchev–Trinajstić information content (AvgIpc) is 3.03. The Bertz CT molecular complexity index is 740. The van der Waals surface area contributed by atoms with Gasteiger partial charge in [-0.15, -0.1) is 35.3 Å². The van der Waals surface area contributed by atoms with E-state index in [0.717, 1.165) is 36.2 Å². The van der Waals surface area contributed by atoms with Crippen LogP contribution in [0, 0.1) is 6.92 Å². The molecule has 28 heavy (non-hydrogen) atoms. The van der Waals surface area contributed by atoms with Gasteiger partial charge >= 0.3 is 0 Å². The van der Waals surface area contributed by atoms with E-state index < -0.39 is 0 Å². The van der Waals surface area contributed by atoms with Gasteiger partial charge in [0.05, 0.1) is 29.5 Å². The highest BCUT2D eigenvalue weighted by Crippen LogP contribution is 2.13. The van der Waals surface area contributed by atoms with Crippen LogP contribution in [0.15, 0.2) is 34.6 Å². The summed E-state index contributed by atoms with van der Waals surface area (Å²) in [5.74, 6) is 0.834. The molecule has 1 heterocycles. The van der Waals surface area contributed by atoms with Crippen LogP contribution in [-0.2, 0) is 24.3 Å². The van der Waals surface area contributed by atoms with Crippen molar-refractivity contribution in [1.29, 1.82) is 0 Å². The molecule has 156 valence electrons. The van der Waals surface area contributed by atoms with E-state index in [2.05, 4.69) is 73.0 Å². The number of hydrogen-bond acceptors (Lipinski definition) is 4. The Kier molecular flexibility index (Phi) is 11.0. The van der Waals surface area contributed by atoms with Crippen LogP contribution < -0.4 is 10.6 Å². The Hall–Kier alpha value is -1.19. The van der Waals surface area contributed by atoms with Crippen molar-refractivity contribution in [2.24, 2.45) is 4.99 Å². The zero-order valence-corrected chi connectivity index (χ0v) is 20.7. The molecule has 0 unspecified atom stereocenters. The summed E-state index contributed by atoms with van der Waals surface area (Å²) in [6.07, 6.45) is 0.897. The third kappa shape index (κ3) is 9.84. The molecule has 0 bridgehead atoms. The van der Waals surface area contributed by atoms with E-state index in [1.807, 2.05) is 6.92 Å². The molecule has 0 aliphatic rings. The van der Waals surface area contributed by atoms with E-state index in [-0.39, 0.29) is 29.6 Å². The number of nitrogens with one attached hydrogen (secondary N) is 2. The Morgan fingerprint density at radius 3 is 2.61 bits per heavy atom. The molecule has 2 aromatic rings. The smallest absolute Gasteiger partial charge is 0.191 e. The highest BCUT2D eigenvalue weighted by atomic mass is 127. The summed E-state index contributed by atoms with van der Waals surface area (Å²) in [6, 6.07) is 8.43. The van der Waals surface area contributed by atoms with Gasteiger partial charge in [-0.25, -0.2) is 9.98 Å². The number of aryl methyl sites for hydroxylation is 1. The summed E-state index contributed by atoms with van der Waals surface area (Å²) in [4.78, 5) is 9.20. The molecule has 1 aromatic heterocycles. The van der Waals surface area contributed by atoms with Crippen molar-refractivity contribution in [3.63, 3.8) is 0 Å². The molecule has 2 rings (SSSR count). The van der Waals surface area contributed by atoms with Crippen LogP contribution >= 0.6 is 35.3 Å². The molecule has 2 N–H and O–H groups in total. The van der Waals surface area contributed by atoms with E-state index >= 15 is 0 Å². The van der Waals surface area contributed by atoms with Gasteiger partial charge in [0.1, 0.15) is 0 Å². The van der Waals surface area contributed by atoms with Crippen LogP contribution in [0.4, 0.5) is 0 Å². The minimum Gasteiger partial charge on any atom is -0.371 e. The fourth-order valence-corrected chi connectivity index (χ4v) is 3.11. The zero-order valence-electron chi connectivity index (χ0n) is 17.5. The molecule has 0 saturated carbocycles. The Morgan fingerprint density at radius 1 is 1.21 bits per heavy atom. The fraction of sp³-hybridized carbons (Fsp3) is 0.524. The van der Waals surface area contributed by atoms with Crippen molar-refractivity contribution in [3.05, 3.63) is 51.5 Å². The number of nitrogens with zero attached hydrogens (tertiary/aromatic N) is 2. The van der Waals surface area contributed by atoms with Crippen molar-refractivity contribution >= 4 is 41.3 Å². The highest BCUT2D eigenvalue weighted by molar-refractivity contribution is 14.0. The van der Waals surface area contributed by atoms with E-state index in [4.69, 9.17) is 9.73 Å². The molecule has 0 aliphatic heterocycles. The Balaban J connectivity index is 0.00000392. The Morgan fingerprint density at radius 2 is 1.96 bits per heavy atom. The molecule has 0 aliphatic carbocycles. The van der Waals surface area contributed by atoms with Gasteiger partial charge in [-0.05, 0) is 45.7 Å². The number of ether oxygens (including phenoxy) is 1. The average molecular weight is 516 g/mol. The van der Waals surface area contributed by atoms with E-state index in [1.165, 1.54) is 11.1 Å². The van der Waals surface area contributed by atoms with Crippen molar-refractivity contribution in [3.8, 4) is 0 Å². The molecule has 5 nitrogen and oxygen atoms in total. The first kappa shape index (κ1) is 24.8. The van der Waals surface area contributed by atoms with Gasteiger partial charge in [0.25, 0.3) is 0 Å². The molecule has 0 radical (unpaired) electrons. The van der Waals surface area contributed by atoms with Crippen LogP contribution in [0.25, 0.3) is 0 Å². The van der Waals surface area contributed by atoms with Crippen LogP contribution in [0.2, 0.25) is 0 Å². The van der Waals surface area contributed by atoms with Crippen molar-refractivity contribution in [2.75, 3.05) is 13.1 Å². The lowest BCUT2D eigenvalue weighted by molar-refractivity contribution is -0.0149. The summed E-state index contributed by atoms with van der Waals surface area (Å²) in [7, 11) is 0. The van der Waals surface area contributed by atoms with Gasteiger partial charge < -0.3 is 15.4 Å². The zero-order chi connectivity index (χ0) is 19.7. The maximum absolute atomic E-state index is 5.87. The second-order valence-corrected chi connectivity index (χ2v) is 8.51. The second-order valence-electron chi connectivity index (χ2n) is 7.45. The fourth-order valence-electron chi connectivity index (χ4n) is 2.46. The number of hydrogen-bond donors (Lipinski definition) is 2. The minimum atomic E-state index is -0.133. The maximum atomic E-state index is 5.87. The first-order valence-electron chi connectivity index (χ1n) is 9.50. The lowest BCUT2D eigenvalue weighted by Gasteiger charge is -2.19. The summed E-state index contributed by atoms with van der Waals surface area (Å²) < 4.78 is 5.87. The normalized spacial score (nSPS) is 11.8. The van der Waals surface area contributed by atoms with Crippen molar-refractivity contribution in [1.82, 2.24) is 15.6 Å². The van der Waals surface area contributed by atoms with Crippen LogP contribution in [0.1, 0.15) is 49.5 Å². The number of benzene rings is 1. The first-order valence-corrected chi connectivity index (χ1v) is 10.4. The van der Waals surface area contributed by atoms with Gasteiger partial charge in [-0.1, -0.05) is 24.3 Å². The lowest BCUT2D eigenvalue weighted by Crippen LogP contribution is -2.38. The van der Waals surface area contributed by atoms with Gasteiger partial charge in [0.2, 0.25) is 0 Å². The Labute approximate surface area is 190 Å². The summed E-state index contributed by atoms with van der Waals surface area (Å²) in [5, 5.41) is 9.92. The van der Waals surface area contributed by atoms with Crippen LogP contribution in [-0.4, -0.2) is 29.6 Å². The van der Waals surface area contributed by atoms with E-state index in [0.29, 0.717) is 13.2 Å². The molecule has 0 amide bonds. The standard InChI is InChI=1S/C21H32N4OS.HI/c1-6-22-20(23-11-10-19-15-27-16(2)25-19)24-13-17-8-7-9-18(12-17)14-26-21(3,4)5;/h7-9,12,15H,6,10-11,13-14H2,1-5H3,(H2,22,23,24);1H. The van der Waals surface area contributed by atoms with Crippen molar-refractivity contribution in [2.45, 2.75) is 59.8 Å². The van der Waals surface area contributed by atoms with E-state index in [9.17, 15) is 0 Å². The van der Waals surface area contributed by atoms with Crippen molar-refractivity contribution < 1.29 is 4.74 Å². The van der Waals surface area contributed by atoms with Crippen LogP contribution in [0.3, 0.4) is 0 Å². The number of halogens is 1. The highest BCUT2D eigenvalue weighted by Gasteiger charge is 2.10. The summed E-state index contributed by atoms with van der Waals surface area (Å²) >= 11 is 1.69. The van der Waals surface area contributed by atoms with Crippen LogP contribution in [0.5, 0.6) is 0 Å². The molecule has 7 heteroatoms. The largest absolute Gasteiger partial charge is 0.371 e. The molecular formula is C21H33IN4OS. The van der Waals surface area contributed by atoms with Gasteiger partial charge in [0, 0.05) is 24.9 Å². The minimum absolute atomic E-state index is 0.